The lowest BCUT2D eigenvalue weighted by Gasteiger charge is -2.09. The summed E-state index contributed by atoms with van der Waals surface area (Å²) in [6.07, 6.45) is 4.17. The molecule has 1 saturated carbocycles. The first-order chi connectivity index (χ1) is 9.38. The smallest absolute Gasteiger partial charge is 0.177 e. The normalized spacial score (nSPS) is 23.6. The quantitative estimate of drug-likeness (QED) is 0.911. The van der Waals surface area contributed by atoms with Crippen molar-refractivity contribution < 1.29 is 8.42 Å². The first kappa shape index (κ1) is 13.6. The number of benzene rings is 1. The molecule has 0 amide bonds. The average Bonchev–Trinajstić information content (AvgIpc) is 2.92. The summed E-state index contributed by atoms with van der Waals surface area (Å²) >= 11 is 0. The zero-order valence-electron chi connectivity index (χ0n) is 11.7. The van der Waals surface area contributed by atoms with Gasteiger partial charge in [-0.3, -0.25) is 0 Å². The minimum atomic E-state index is -3.27. The third-order valence-corrected chi connectivity index (χ3v) is 5.28. The maximum atomic E-state index is 11.9. The van der Waals surface area contributed by atoms with Gasteiger partial charge in [0.25, 0.3) is 0 Å². The van der Waals surface area contributed by atoms with Gasteiger partial charge in [0, 0.05) is 25.3 Å². The molecular formula is C14H19N3O2S. The highest BCUT2D eigenvalue weighted by Gasteiger charge is 2.28. The molecular weight excluding hydrogens is 274 g/mol. The molecule has 3 rings (SSSR count). The van der Waals surface area contributed by atoms with Gasteiger partial charge in [-0.25, -0.2) is 13.4 Å². The zero-order chi connectivity index (χ0) is 14.5. The molecule has 0 saturated heterocycles. The first-order valence-electron chi connectivity index (χ1n) is 6.79. The Morgan fingerprint density at radius 1 is 1.35 bits per heavy atom. The maximum absolute atomic E-state index is 11.9. The van der Waals surface area contributed by atoms with Crippen molar-refractivity contribution >= 4 is 20.9 Å². The molecule has 5 nitrogen and oxygen atoms in total. The van der Waals surface area contributed by atoms with Crippen LogP contribution >= 0.6 is 0 Å². The van der Waals surface area contributed by atoms with Gasteiger partial charge in [-0.1, -0.05) is 6.07 Å². The van der Waals surface area contributed by atoms with Crippen LogP contribution in [0.2, 0.25) is 0 Å². The molecule has 0 unspecified atom stereocenters. The van der Waals surface area contributed by atoms with Gasteiger partial charge in [-0.2, -0.15) is 0 Å². The fourth-order valence-electron chi connectivity index (χ4n) is 3.12. The van der Waals surface area contributed by atoms with Crippen LogP contribution in [0.15, 0.2) is 23.1 Å². The van der Waals surface area contributed by atoms with Gasteiger partial charge in [0.2, 0.25) is 0 Å². The second-order valence-corrected chi connectivity index (χ2v) is 7.68. The number of rotatable bonds is 2. The molecule has 1 heterocycles. The van der Waals surface area contributed by atoms with Crippen LogP contribution in [0.5, 0.6) is 0 Å². The number of hydrogen-bond donors (Lipinski definition) is 1. The number of fused-ring (bicyclic) bond motifs is 1. The van der Waals surface area contributed by atoms with E-state index < -0.39 is 9.84 Å². The van der Waals surface area contributed by atoms with Gasteiger partial charge < -0.3 is 10.3 Å². The van der Waals surface area contributed by atoms with Crippen LogP contribution in [0.1, 0.15) is 31.0 Å². The Morgan fingerprint density at radius 3 is 2.70 bits per heavy atom. The Morgan fingerprint density at radius 2 is 2.10 bits per heavy atom. The van der Waals surface area contributed by atoms with E-state index in [9.17, 15) is 8.42 Å². The van der Waals surface area contributed by atoms with Gasteiger partial charge in [-0.15, -0.1) is 0 Å². The number of aromatic nitrogens is 2. The van der Waals surface area contributed by atoms with Crippen LogP contribution in [0.3, 0.4) is 0 Å². The van der Waals surface area contributed by atoms with E-state index in [1.54, 1.807) is 12.1 Å². The molecule has 1 aromatic heterocycles. The van der Waals surface area contributed by atoms with E-state index >= 15 is 0 Å². The Kier molecular flexibility index (Phi) is 3.10. The number of nitrogens with two attached hydrogens (primary N) is 1. The summed E-state index contributed by atoms with van der Waals surface area (Å²) in [5, 5.41) is 0. The lowest BCUT2D eigenvalue weighted by molar-refractivity contribution is 0.602. The molecule has 1 aliphatic rings. The van der Waals surface area contributed by atoms with Crippen molar-refractivity contribution in [3.05, 3.63) is 24.0 Å². The van der Waals surface area contributed by atoms with Crippen molar-refractivity contribution in [1.29, 1.82) is 0 Å². The van der Waals surface area contributed by atoms with E-state index in [-0.39, 0.29) is 6.04 Å². The summed E-state index contributed by atoms with van der Waals surface area (Å²) < 4.78 is 25.7. The molecule has 0 radical (unpaired) electrons. The fourth-order valence-corrected chi connectivity index (χ4v) is 3.95. The van der Waals surface area contributed by atoms with Gasteiger partial charge in [0.05, 0.1) is 10.4 Å². The summed E-state index contributed by atoms with van der Waals surface area (Å²) in [6.45, 7) is 0. The highest BCUT2D eigenvalue weighted by molar-refractivity contribution is 7.91. The molecule has 2 aromatic rings. The highest BCUT2D eigenvalue weighted by Crippen LogP contribution is 2.35. The molecule has 0 spiro atoms. The molecule has 1 aliphatic carbocycles. The second kappa shape index (κ2) is 4.56. The largest absolute Gasteiger partial charge is 0.331 e. The number of imidazole rings is 1. The molecule has 20 heavy (non-hydrogen) atoms. The molecule has 0 bridgehead atoms. The average molecular weight is 293 g/mol. The van der Waals surface area contributed by atoms with Crippen LogP contribution in [0, 0.1) is 0 Å². The molecule has 2 N–H and O–H groups in total. The van der Waals surface area contributed by atoms with Crippen LogP contribution in [0.25, 0.3) is 11.0 Å². The first-order valence-corrected chi connectivity index (χ1v) is 8.68. The monoisotopic (exact) mass is 293 g/mol. The molecule has 1 fully saturated rings. The number of hydrogen-bond acceptors (Lipinski definition) is 4. The Bertz CT molecular complexity index is 764. The van der Waals surface area contributed by atoms with Crippen LogP contribution < -0.4 is 5.73 Å². The summed E-state index contributed by atoms with van der Waals surface area (Å²) in [6, 6.07) is 5.53. The molecule has 6 heteroatoms. The van der Waals surface area contributed by atoms with Crippen molar-refractivity contribution in [2.45, 2.75) is 36.1 Å². The standard InChI is InChI=1S/C14H19N3O2S/c1-17-11-4-3-5-12(20(2,18)19)13(11)16-14(17)9-6-7-10(15)8-9/h3-5,9-10H,6-8,15H2,1-2H3/t9-,10+/m1/s1. The van der Waals surface area contributed by atoms with E-state index in [1.807, 2.05) is 17.7 Å². The van der Waals surface area contributed by atoms with Crippen molar-refractivity contribution in [1.82, 2.24) is 9.55 Å². The van der Waals surface area contributed by atoms with Crippen LogP contribution in [0.4, 0.5) is 0 Å². The Labute approximate surface area is 118 Å². The number of nitrogens with zero attached hydrogens (tertiary/aromatic N) is 2. The Hall–Kier alpha value is -1.40. The number of para-hydroxylation sites is 1. The van der Waals surface area contributed by atoms with Crippen LogP contribution in [-0.4, -0.2) is 30.3 Å². The maximum Gasteiger partial charge on any atom is 0.177 e. The molecule has 108 valence electrons. The molecule has 2 atom stereocenters. The Balaban J connectivity index is 2.20. The SMILES string of the molecule is Cn1c([C@@H]2CC[C@H](N)C2)nc2c(S(C)(=O)=O)cccc21. The third kappa shape index (κ3) is 2.13. The molecule has 1 aromatic carbocycles. The number of sulfone groups is 1. The van der Waals surface area contributed by atoms with Crippen molar-refractivity contribution in [2.24, 2.45) is 12.8 Å². The van der Waals surface area contributed by atoms with Gasteiger partial charge in [0.1, 0.15) is 11.3 Å². The van der Waals surface area contributed by atoms with E-state index in [4.69, 9.17) is 5.73 Å². The van der Waals surface area contributed by atoms with Gasteiger partial charge in [-0.05, 0) is 31.4 Å². The van der Waals surface area contributed by atoms with Gasteiger partial charge in [0.15, 0.2) is 9.84 Å². The predicted octanol–water partition coefficient (Wildman–Crippen LogP) is 1.57. The third-order valence-electron chi connectivity index (χ3n) is 4.15. The van der Waals surface area contributed by atoms with Gasteiger partial charge >= 0.3 is 0 Å². The van der Waals surface area contributed by atoms with E-state index in [0.29, 0.717) is 16.3 Å². The van der Waals surface area contributed by atoms with E-state index in [0.717, 1.165) is 30.6 Å². The lowest BCUT2D eigenvalue weighted by atomic mass is 10.1. The zero-order valence-corrected chi connectivity index (χ0v) is 12.5. The predicted molar refractivity (Wildman–Crippen MR) is 78.4 cm³/mol. The van der Waals surface area contributed by atoms with Crippen molar-refractivity contribution in [3.8, 4) is 0 Å². The summed E-state index contributed by atoms with van der Waals surface area (Å²) in [4.78, 5) is 4.93. The summed E-state index contributed by atoms with van der Waals surface area (Å²) in [5.74, 6) is 1.28. The van der Waals surface area contributed by atoms with E-state index in [1.165, 1.54) is 6.26 Å². The minimum absolute atomic E-state index is 0.231. The number of aryl methyl sites for hydroxylation is 1. The second-order valence-electron chi connectivity index (χ2n) is 5.70. The lowest BCUT2D eigenvalue weighted by Crippen LogP contribution is -2.15. The fraction of sp³-hybridized carbons (Fsp3) is 0.500. The van der Waals surface area contributed by atoms with Crippen molar-refractivity contribution in [3.63, 3.8) is 0 Å². The van der Waals surface area contributed by atoms with Crippen molar-refractivity contribution in [2.75, 3.05) is 6.26 Å². The topological polar surface area (TPSA) is 78.0 Å². The summed E-state index contributed by atoms with van der Waals surface area (Å²) in [5.41, 5.74) is 7.41. The van der Waals surface area contributed by atoms with E-state index in [2.05, 4.69) is 4.98 Å². The minimum Gasteiger partial charge on any atom is -0.331 e. The summed E-state index contributed by atoms with van der Waals surface area (Å²) in [7, 11) is -1.32. The van der Waals surface area contributed by atoms with Crippen LogP contribution in [-0.2, 0) is 16.9 Å². The highest BCUT2D eigenvalue weighted by atomic mass is 32.2. The molecule has 0 aliphatic heterocycles.